The minimum Gasteiger partial charge on any atom is -0.326 e. The fourth-order valence-electron chi connectivity index (χ4n) is 1.69. The van der Waals surface area contributed by atoms with Crippen LogP contribution in [0.3, 0.4) is 0 Å². The summed E-state index contributed by atoms with van der Waals surface area (Å²) in [6.45, 7) is 0. The van der Waals surface area contributed by atoms with Crippen molar-refractivity contribution >= 4 is 51.8 Å². The summed E-state index contributed by atoms with van der Waals surface area (Å²) in [5.41, 5.74) is 0.880. The number of carbonyl (C=O) groups is 1. The van der Waals surface area contributed by atoms with E-state index >= 15 is 0 Å². The molecule has 2 nitrogen and oxygen atoms in total. The molecule has 0 saturated heterocycles. The minimum absolute atomic E-state index is 0.0370. The molecule has 0 radical (unpaired) electrons. The predicted octanol–water partition coefficient (Wildman–Crippen LogP) is 4.14. The van der Waals surface area contributed by atoms with Crippen molar-refractivity contribution in [3.63, 3.8) is 0 Å². The van der Waals surface area contributed by atoms with E-state index in [1.807, 2.05) is 12.1 Å². The first-order valence-corrected chi connectivity index (χ1v) is 7.21. The second-order valence-corrected chi connectivity index (χ2v) is 6.09. The number of thiol groups is 1. The summed E-state index contributed by atoms with van der Waals surface area (Å²) in [4.78, 5) is 11.8. The summed E-state index contributed by atoms with van der Waals surface area (Å²) in [5.74, 6) is 0.816. The molecule has 0 spiro atoms. The van der Waals surface area contributed by atoms with Gasteiger partial charge in [-0.05, 0) is 58.1 Å². The largest absolute Gasteiger partial charge is 0.326 e. The van der Waals surface area contributed by atoms with Crippen LogP contribution < -0.4 is 5.32 Å². The Morgan fingerprint density at radius 1 is 1.53 bits per heavy atom. The van der Waals surface area contributed by atoms with Crippen molar-refractivity contribution in [2.45, 2.75) is 19.3 Å². The number of anilines is 1. The summed E-state index contributed by atoms with van der Waals surface area (Å²) in [7, 11) is 0. The van der Waals surface area contributed by atoms with Gasteiger partial charge in [0.15, 0.2) is 0 Å². The second-order valence-electron chi connectivity index (χ2n) is 4.51. The van der Waals surface area contributed by atoms with Crippen LogP contribution in [-0.2, 0) is 4.79 Å². The summed E-state index contributed by atoms with van der Waals surface area (Å²) in [6, 6.07) is 5.39. The Hall–Kier alpha value is -0.190. The van der Waals surface area contributed by atoms with Gasteiger partial charge in [-0.1, -0.05) is 11.6 Å². The van der Waals surface area contributed by atoms with Crippen LogP contribution in [0.25, 0.3) is 0 Å². The van der Waals surface area contributed by atoms with Crippen molar-refractivity contribution in [3.8, 4) is 0 Å². The van der Waals surface area contributed by atoms with E-state index in [0.717, 1.165) is 28.8 Å². The van der Waals surface area contributed by atoms with Crippen molar-refractivity contribution in [1.82, 2.24) is 0 Å². The highest BCUT2D eigenvalue weighted by molar-refractivity contribution is 9.10. The maximum Gasteiger partial charge on any atom is 0.224 e. The third kappa shape index (κ3) is 3.39. The lowest BCUT2D eigenvalue weighted by Crippen LogP contribution is -2.18. The molecule has 5 heteroatoms. The highest BCUT2D eigenvalue weighted by atomic mass is 79.9. The standard InChI is InChI=1S/C12H13BrClNOS/c13-9-2-1-8(5-10(9)14)15-11(16)6-12(7-17)3-4-12/h1-2,5,17H,3-4,6-7H2,(H,15,16). The van der Waals surface area contributed by atoms with Gasteiger partial charge in [-0.15, -0.1) is 0 Å². The van der Waals surface area contributed by atoms with Gasteiger partial charge in [0.05, 0.1) is 5.02 Å². The molecular weight excluding hydrogens is 322 g/mol. The number of halogens is 2. The molecule has 1 aliphatic rings. The van der Waals surface area contributed by atoms with E-state index in [4.69, 9.17) is 11.6 Å². The highest BCUT2D eigenvalue weighted by Gasteiger charge is 2.42. The van der Waals surface area contributed by atoms with Crippen molar-refractivity contribution in [3.05, 3.63) is 27.7 Å². The van der Waals surface area contributed by atoms with Gasteiger partial charge >= 0.3 is 0 Å². The molecule has 0 unspecified atom stereocenters. The average Bonchev–Trinajstić information content (AvgIpc) is 3.04. The van der Waals surface area contributed by atoms with Crippen LogP contribution in [-0.4, -0.2) is 11.7 Å². The number of nitrogens with one attached hydrogen (secondary N) is 1. The van der Waals surface area contributed by atoms with Crippen LogP contribution in [0.4, 0.5) is 5.69 Å². The molecule has 0 atom stereocenters. The summed E-state index contributed by atoms with van der Waals surface area (Å²) in [5, 5.41) is 3.46. The van der Waals surface area contributed by atoms with Gasteiger partial charge in [-0.2, -0.15) is 12.6 Å². The highest BCUT2D eigenvalue weighted by Crippen LogP contribution is 2.49. The van der Waals surface area contributed by atoms with E-state index in [9.17, 15) is 4.79 Å². The molecule has 0 heterocycles. The second kappa shape index (κ2) is 5.21. The van der Waals surface area contributed by atoms with Crippen LogP contribution in [0.5, 0.6) is 0 Å². The van der Waals surface area contributed by atoms with Crippen LogP contribution in [0.15, 0.2) is 22.7 Å². The molecule has 1 aromatic carbocycles. The molecule has 1 aliphatic carbocycles. The number of benzene rings is 1. The first-order chi connectivity index (χ1) is 8.04. The zero-order valence-electron chi connectivity index (χ0n) is 9.17. The van der Waals surface area contributed by atoms with Gasteiger partial charge in [0.2, 0.25) is 5.91 Å². The van der Waals surface area contributed by atoms with Crippen LogP contribution in [0.2, 0.25) is 5.02 Å². The molecule has 0 aliphatic heterocycles. The molecule has 1 saturated carbocycles. The Morgan fingerprint density at radius 3 is 2.76 bits per heavy atom. The minimum atomic E-state index is 0.0370. The van der Waals surface area contributed by atoms with Crippen molar-refractivity contribution in [2.75, 3.05) is 11.1 Å². The van der Waals surface area contributed by atoms with Crippen molar-refractivity contribution in [1.29, 1.82) is 0 Å². The Labute approximate surface area is 120 Å². The van der Waals surface area contributed by atoms with Gasteiger partial charge < -0.3 is 5.32 Å². The van der Waals surface area contributed by atoms with E-state index in [0.29, 0.717) is 11.4 Å². The van der Waals surface area contributed by atoms with E-state index in [2.05, 4.69) is 33.9 Å². The number of amides is 1. The molecule has 92 valence electrons. The monoisotopic (exact) mass is 333 g/mol. The Morgan fingerprint density at radius 2 is 2.24 bits per heavy atom. The molecule has 2 rings (SSSR count). The lowest BCUT2D eigenvalue weighted by molar-refractivity contribution is -0.117. The maximum atomic E-state index is 11.8. The van der Waals surface area contributed by atoms with Gasteiger partial charge in [0, 0.05) is 16.6 Å². The van der Waals surface area contributed by atoms with E-state index in [1.54, 1.807) is 6.07 Å². The van der Waals surface area contributed by atoms with E-state index < -0.39 is 0 Å². The van der Waals surface area contributed by atoms with E-state index in [1.165, 1.54) is 0 Å². The molecular formula is C12H13BrClNOS. The first-order valence-electron chi connectivity index (χ1n) is 5.40. The number of hydrogen-bond donors (Lipinski definition) is 2. The van der Waals surface area contributed by atoms with Crippen molar-refractivity contribution in [2.24, 2.45) is 5.41 Å². The van der Waals surface area contributed by atoms with Gasteiger partial charge in [-0.25, -0.2) is 0 Å². The third-order valence-corrected chi connectivity index (χ3v) is 4.93. The first kappa shape index (κ1) is 13.2. The predicted molar refractivity (Wildman–Crippen MR) is 77.9 cm³/mol. The smallest absolute Gasteiger partial charge is 0.224 e. The fraction of sp³-hybridized carbons (Fsp3) is 0.417. The molecule has 0 aromatic heterocycles. The molecule has 1 fully saturated rings. The molecule has 17 heavy (non-hydrogen) atoms. The Bertz CT molecular complexity index is 448. The quantitative estimate of drug-likeness (QED) is 0.796. The number of carbonyl (C=O) groups excluding carboxylic acids is 1. The lowest BCUT2D eigenvalue weighted by atomic mass is 10.1. The zero-order chi connectivity index (χ0) is 12.5. The summed E-state index contributed by atoms with van der Waals surface area (Å²) < 4.78 is 0.825. The van der Waals surface area contributed by atoms with Crippen LogP contribution >= 0.6 is 40.2 Å². The Balaban J connectivity index is 1.96. The third-order valence-electron chi connectivity index (χ3n) is 3.03. The van der Waals surface area contributed by atoms with E-state index in [-0.39, 0.29) is 11.3 Å². The average molecular weight is 335 g/mol. The summed E-state index contributed by atoms with van der Waals surface area (Å²) in [6.07, 6.45) is 2.75. The molecule has 1 amide bonds. The topological polar surface area (TPSA) is 29.1 Å². The maximum absolute atomic E-state index is 11.8. The van der Waals surface area contributed by atoms with Gasteiger partial charge in [0.1, 0.15) is 0 Å². The Kier molecular flexibility index (Phi) is 4.06. The summed E-state index contributed by atoms with van der Waals surface area (Å²) >= 11 is 13.6. The number of rotatable bonds is 4. The van der Waals surface area contributed by atoms with Crippen molar-refractivity contribution < 1.29 is 4.79 Å². The lowest BCUT2D eigenvalue weighted by Gasteiger charge is -2.12. The SMILES string of the molecule is O=C(CC1(CS)CC1)Nc1ccc(Br)c(Cl)c1. The molecule has 1 N–H and O–H groups in total. The van der Waals surface area contributed by atoms with Crippen LogP contribution in [0, 0.1) is 5.41 Å². The number of hydrogen-bond acceptors (Lipinski definition) is 2. The zero-order valence-corrected chi connectivity index (χ0v) is 12.4. The fourth-order valence-corrected chi connectivity index (χ4v) is 2.54. The normalized spacial score (nSPS) is 16.6. The van der Waals surface area contributed by atoms with Crippen LogP contribution in [0.1, 0.15) is 19.3 Å². The molecule has 1 aromatic rings. The van der Waals surface area contributed by atoms with Gasteiger partial charge in [0.25, 0.3) is 0 Å². The van der Waals surface area contributed by atoms with Gasteiger partial charge in [-0.3, -0.25) is 4.79 Å². The molecule has 0 bridgehead atoms.